The van der Waals surface area contributed by atoms with Crippen LogP contribution in [0.2, 0.25) is 0 Å². The maximum absolute atomic E-state index is 13.5. The molecule has 0 spiro atoms. The van der Waals surface area contributed by atoms with Crippen molar-refractivity contribution in [3.8, 4) is 0 Å². The summed E-state index contributed by atoms with van der Waals surface area (Å²) >= 11 is 0. The van der Waals surface area contributed by atoms with Crippen molar-refractivity contribution >= 4 is 23.2 Å². The van der Waals surface area contributed by atoms with Crippen LogP contribution in [-0.4, -0.2) is 24.4 Å². The normalized spacial score (nSPS) is 18.9. The summed E-state index contributed by atoms with van der Waals surface area (Å²) in [6, 6.07) is 3.99. The van der Waals surface area contributed by atoms with Crippen LogP contribution in [0.15, 0.2) is 18.2 Å². The van der Waals surface area contributed by atoms with E-state index in [2.05, 4.69) is 16.0 Å². The molecule has 3 N–H and O–H groups in total. The predicted octanol–water partition coefficient (Wildman–Crippen LogP) is 1.86. The van der Waals surface area contributed by atoms with E-state index in [1.165, 1.54) is 19.1 Å². The molecule has 1 heterocycles. The number of hydrogen-bond acceptors (Lipinski definition) is 3. The predicted molar refractivity (Wildman–Crippen MR) is 75.0 cm³/mol. The lowest BCUT2D eigenvalue weighted by atomic mass is 10.1. The lowest BCUT2D eigenvalue weighted by Crippen LogP contribution is -2.37. The average molecular weight is 279 g/mol. The minimum Gasteiger partial charge on any atom is -0.374 e. The van der Waals surface area contributed by atoms with Crippen LogP contribution in [0.1, 0.15) is 26.2 Å². The number of carbonyl (C=O) groups is 2. The first-order chi connectivity index (χ1) is 9.56. The van der Waals surface area contributed by atoms with Gasteiger partial charge in [0.2, 0.25) is 11.8 Å². The first kappa shape index (κ1) is 14.3. The summed E-state index contributed by atoms with van der Waals surface area (Å²) in [4.78, 5) is 22.8. The molecule has 1 aliphatic rings. The van der Waals surface area contributed by atoms with Gasteiger partial charge in [-0.05, 0) is 37.5 Å². The smallest absolute Gasteiger partial charge is 0.242 e. The largest absolute Gasteiger partial charge is 0.374 e. The summed E-state index contributed by atoms with van der Waals surface area (Å²) in [6.07, 6.45) is 2.65. The molecule has 1 atom stereocenters. The molecular weight excluding hydrogens is 261 g/mol. The van der Waals surface area contributed by atoms with E-state index in [9.17, 15) is 14.0 Å². The molecule has 0 radical (unpaired) electrons. The second-order valence-corrected chi connectivity index (χ2v) is 4.86. The Balaban J connectivity index is 2.12. The lowest BCUT2D eigenvalue weighted by molar-refractivity contribution is -0.121. The third-order valence-corrected chi connectivity index (χ3v) is 3.15. The zero-order valence-electron chi connectivity index (χ0n) is 11.3. The molecule has 108 valence electrons. The van der Waals surface area contributed by atoms with Gasteiger partial charge >= 0.3 is 0 Å². The first-order valence-corrected chi connectivity index (χ1v) is 6.67. The van der Waals surface area contributed by atoms with Crippen molar-refractivity contribution in [2.24, 2.45) is 0 Å². The number of hydrogen-bond donors (Lipinski definition) is 3. The van der Waals surface area contributed by atoms with Gasteiger partial charge < -0.3 is 16.0 Å². The molecule has 1 aromatic carbocycles. The van der Waals surface area contributed by atoms with E-state index >= 15 is 0 Å². The summed E-state index contributed by atoms with van der Waals surface area (Å²) in [5, 5.41) is 8.33. The minimum absolute atomic E-state index is 0.0482. The van der Waals surface area contributed by atoms with Gasteiger partial charge in [-0.1, -0.05) is 0 Å². The summed E-state index contributed by atoms with van der Waals surface area (Å²) in [5.74, 6) is -0.891. The van der Waals surface area contributed by atoms with Gasteiger partial charge in [0.25, 0.3) is 0 Å². The van der Waals surface area contributed by atoms with Gasteiger partial charge in [-0.3, -0.25) is 9.59 Å². The summed E-state index contributed by atoms with van der Waals surface area (Å²) < 4.78 is 13.5. The highest BCUT2D eigenvalue weighted by Gasteiger charge is 2.20. The number of amides is 2. The van der Waals surface area contributed by atoms with Gasteiger partial charge in [0, 0.05) is 19.2 Å². The number of carbonyl (C=O) groups excluding carboxylic acids is 2. The van der Waals surface area contributed by atoms with Crippen LogP contribution < -0.4 is 16.0 Å². The molecule has 1 fully saturated rings. The molecule has 6 heteroatoms. The Labute approximate surface area is 116 Å². The van der Waals surface area contributed by atoms with Gasteiger partial charge in [-0.2, -0.15) is 0 Å². The van der Waals surface area contributed by atoms with Crippen molar-refractivity contribution in [3.05, 3.63) is 24.0 Å². The van der Waals surface area contributed by atoms with E-state index in [1.807, 2.05) is 0 Å². The summed E-state index contributed by atoms with van der Waals surface area (Å²) in [7, 11) is 0. The van der Waals surface area contributed by atoms with E-state index < -0.39 is 5.82 Å². The molecule has 0 aliphatic carbocycles. The maximum Gasteiger partial charge on any atom is 0.242 e. The van der Waals surface area contributed by atoms with Crippen molar-refractivity contribution in [3.63, 3.8) is 0 Å². The number of nitrogens with one attached hydrogen (secondary N) is 3. The second kappa shape index (κ2) is 6.36. The highest BCUT2D eigenvalue weighted by molar-refractivity contribution is 5.90. The molecule has 1 aromatic rings. The van der Waals surface area contributed by atoms with Crippen molar-refractivity contribution in [2.45, 2.75) is 32.2 Å². The number of halogens is 1. The van der Waals surface area contributed by atoms with E-state index in [0.29, 0.717) is 12.2 Å². The molecule has 0 unspecified atom stereocenters. The fraction of sp³-hybridized carbons (Fsp3) is 0.429. The fourth-order valence-corrected chi connectivity index (χ4v) is 2.18. The molecule has 0 saturated carbocycles. The third kappa shape index (κ3) is 3.69. The molecule has 20 heavy (non-hydrogen) atoms. The van der Waals surface area contributed by atoms with Crippen LogP contribution in [0.4, 0.5) is 15.8 Å². The van der Waals surface area contributed by atoms with Crippen LogP contribution in [-0.2, 0) is 9.59 Å². The highest BCUT2D eigenvalue weighted by Crippen LogP contribution is 2.21. The van der Waals surface area contributed by atoms with E-state index in [1.54, 1.807) is 6.07 Å². The molecule has 0 aromatic heterocycles. The number of anilines is 2. The number of benzene rings is 1. The SMILES string of the molecule is CC(=O)Nc1cc(N[C@H]2CCCCNC2=O)ccc1F. The zero-order chi connectivity index (χ0) is 14.5. The van der Waals surface area contributed by atoms with Crippen LogP contribution in [0, 0.1) is 5.82 Å². The van der Waals surface area contributed by atoms with Crippen LogP contribution in [0.3, 0.4) is 0 Å². The van der Waals surface area contributed by atoms with Crippen molar-refractivity contribution < 1.29 is 14.0 Å². The van der Waals surface area contributed by atoms with Gasteiger partial charge in [-0.15, -0.1) is 0 Å². The molecule has 2 amide bonds. The molecule has 5 nitrogen and oxygen atoms in total. The standard InChI is InChI=1S/C14H18FN3O2/c1-9(19)17-13-8-10(5-6-11(13)15)18-12-4-2-3-7-16-14(12)20/h5-6,8,12,18H,2-4,7H2,1H3,(H,16,20)(H,17,19)/t12-/m0/s1. The zero-order valence-corrected chi connectivity index (χ0v) is 11.3. The molecule has 1 aliphatic heterocycles. The van der Waals surface area contributed by atoms with Crippen molar-refractivity contribution in [2.75, 3.05) is 17.2 Å². The summed E-state index contributed by atoms with van der Waals surface area (Å²) in [5.41, 5.74) is 0.716. The average Bonchev–Trinajstić information content (AvgIpc) is 2.58. The second-order valence-electron chi connectivity index (χ2n) is 4.86. The Morgan fingerprint density at radius 1 is 1.40 bits per heavy atom. The Kier molecular flexibility index (Phi) is 4.55. The third-order valence-electron chi connectivity index (χ3n) is 3.15. The Bertz CT molecular complexity index is 519. The van der Waals surface area contributed by atoms with E-state index in [0.717, 1.165) is 19.3 Å². The van der Waals surface area contributed by atoms with Gasteiger partial charge in [0.05, 0.1) is 5.69 Å². The topological polar surface area (TPSA) is 70.2 Å². The Morgan fingerprint density at radius 3 is 2.95 bits per heavy atom. The lowest BCUT2D eigenvalue weighted by Gasteiger charge is -2.17. The quantitative estimate of drug-likeness (QED) is 0.791. The highest BCUT2D eigenvalue weighted by atomic mass is 19.1. The first-order valence-electron chi connectivity index (χ1n) is 6.67. The van der Waals surface area contributed by atoms with E-state index in [-0.39, 0.29) is 23.5 Å². The maximum atomic E-state index is 13.5. The monoisotopic (exact) mass is 279 g/mol. The van der Waals surface area contributed by atoms with Crippen molar-refractivity contribution in [1.29, 1.82) is 0 Å². The fourth-order valence-electron chi connectivity index (χ4n) is 2.18. The van der Waals surface area contributed by atoms with E-state index in [4.69, 9.17) is 0 Å². The Morgan fingerprint density at radius 2 is 2.20 bits per heavy atom. The van der Waals surface area contributed by atoms with Crippen LogP contribution in [0.25, 0.3) is 0 Å². The molecular formula is C14H18FN3O2. The van der Waals surface area contributed by atoms with Crippen molar-refractivity contribution in [1.82, 2.24) is 5.32 Å². The Hall–Kier alpha value is -2.11. The van der Waals surface area contributed by atoms with Crippen LogP contribution >= 0.6 is 0 Å². The van der Waals surface area contributed by atoms with Crippen LogP contribution in [0.5, 0.6) is 0 Å². The van der Waals surface area contributed by atoms with Gasteiger partial charge in [-0.25, -0.2) is 4.39 Å². The number of rotatable bonds is 3. The summed E-state index contributed by atoms with van der Waals surface area (Å²) in [6.45, 7) is 2.01. The minimum atomic E-state index is -0.504. The molecule has 2 rings (SSSR count). The van der Waals surface area contributed by atoms with Gasteiger partial charge in [0.15, 0.2) is 0 Å². The molecule has 0 bridgehead atoms. The van der Waals surface area contributed by atoms with Gasteiger partial charge in [0.1, 0.15) is 11.9 Å². The molecule has 1 saturated heterocycles.